The van der Waals surface area contributed by atoms with Gasteiger partial charge in [0.2, 0.25) is 5.89 Å². The molecule has 3 aromatic rings. The molecule has 0 bridgehead atoms. The number of ether oxygens (including phenoxy) is 1. The highest BCUT2D eigenvalue weighted by atomic mass is 16.5. The van der Waals surface area contributed by atoms with Gasteiger partial charge in [0.15, 0.2) is 6.61 Å². The monoisotopic (exact) mass is 320 g/mol. The molecule has 0 amide bonds. The van der Waals surface area contributed by atoms with Crippen molar-refractivity contribution in [1.29, 1.82) is 0 Å². The summed E-state index contributed by atoms with van der Waals surface area (Å²) < 4.78 is 11.5. The van der Waals surface area contributed by atoms with E-state index >= 15 is 0 Å². The Balaban J connectivity index is 1.44. The van der Waals surface area contributed by atoms with E-state index in [1.54, 1.807) is 0 Å². The summed E-state index contributed by atoms with van der Waals surface area (Å²) in [5, 5.41) is 8.18. The lowest BCUT2D eigenvalue weighted by molar-refractivity contribution is 0.264. The smallest absolute Gasteiger partial charge is 0.254 e. The Hall–Kier alpha value is -2.62. The van der Waals surface area contributed by atoms with Gasteiger partial charge in [0.05, 0.1) is 0 Å². The van der Waals surface area contributed by atoms with E-state index in [1.165, 1.54) is 36.0 Å². The van der Waals surface area contributed by atoms with Gasteiger partial charge in [0.25, 0.3) is 5.89 Å². The van der Waals surface area contributed by atoms with Crippen LogP contribution in [0.15, 0.2) is 46.9 Å². The van der Waals surface area contributed by atoms with Gasteiger partial charge < -0.3 is 9.15 Å². The van der Waals surface area contributed by atoms with Crippen LogP contribution < -0.4 is 4.74 Å². The zero-order valence-corrected chi connectivity index (χ0v) is 13.8. The van der Waals surface area contributed by atoms with Gasteiger partial charge in [0.1, 0.15) is 5.75 Å². The van der Waals surface area contributed by atoms with Crippen molar-refractivity contribution in [3.63, 3.8) is 0 Å². The molecule has 0 radical (unpaired) electrons. The molecule has 1 aromatic heterocycles. The van der Waals surface area contributed by atoms with Crippen LogP contribution in [0.3, 0.4) is 0 Å². The van der Waals surface area contributed by atoms with E-state index < -0.39 is 0 Å². The molecule has 4 nitrogen and oxygen atoms in total. The maximum Gasteiger partial charge on any atom is 0.254 e. The molecule has 0 saturated carbocycles. The standard InChI is InChI=1S/C20H20N2O2/c1-14-6-8-16(9-7-14)20-22-21-19(24-20)13-23-18-11-10-15-4-2-3-5-17(15)12-18/h6-12H,2-5,13H2,1H3. The Morgan fingerprint density at radius 3 is 2.58 bits per heavy atom. The van der Waals surface area contributed by atoms with E-state index in [9.17, 15) is 0 Å². The minimum Gasteiger partial charge on any atom is -0.484 e. The van der Waals surface area contributed by atoms with Crippen LogP contribution in [0.25, 0.3) is 11.5 Å². The molecule has 2 aromatic carbocycles. The second kappa shape index (κ2) is 6.48. The van der Waals surface area contributed by atoms with Crippen molar-refractivity contribution in [1.82, 2.24) is 10.2 Å². The van der Waals surface area contributed by atoms with Gasteiger partial charge in [-0.3, -0.25) is 0 Å². The molecule has 24 heavy (non-hydrogen) atoms. The lowest BCUT2D eigenvalue weighted by atomic mass is 9.92. The Labute approximate surface area is 141 Å². The molecule has 1 aliphatic rings. The molecule has 0 saturated heterocycles. The third-order valence-electron chi connectivity index (χ3n) is 4.45. The topological polar surface area (TPSA) is 48.2 Å². The average Bonchev–Trinajstić information content (AvgIpc) is 3.09. The van der Waals surface area contributed by atoms with Crippen LogP contribution in [-0.2, 0) is 19.4 Å². The van der Waals surface area contributed by atoms with Crippen molar-refractivity contribution in [2.45, 2.75) is 39.2 Å². The zero-order valence-electron chi connectivity index (χ0n) is 13.8. The summed E-state index contributed by atoms with van der Waals surface area (Å²) in [6.45, 7) is 2.34. The van der Waals surface area contributed by atoms with Gasteiger partial charge in [-0.1, -0.05) is 23.8 Å². The van der Waals surface area contributed by atoms with Crippen LogP contribution in [0.4, 0.5) is 0 Å². The molecular weight excluding hydrogens is 300 g/mol. The van der Waals surface area contributed by atoms with Crippen molar-refractivity contribution in [3.05, 3.63) is 65.0 Å². The first-order valence-electron chi connectivity index (χ1n) is 8.42. The van der Waals surface area contributed by atoms with Gasteiger partial charge in [0, 0.05) is 5.56 Å². The molecule has 4 rings (SSSR count). The minimum absolute atomic E-state index is 0.289. The number of fused-ring (bicyclic) bond motifs is 1. The molecule has 0 N–H and O–H groups in total. The highest BCUT2D eigenvalue weighted by Crippen LogP contribution is 2.26. The Bertz CT molecular complexity index is 837. The van der Waals surface area contributed by atoms with E-state index in [4.69, 9.17) is 9.15 Å². The van der Waals surface area contributed by atoms with Crippen LogP contribution in [0, 0.1) is 6.92 Å². The van der Waals surface area contributed by atoms with Crippen LogP contribution >= 0.6 is 0 Å². The zero-order chi connectivity index (χ0) is 16.4. The fourth-order valence-corrected chi connectivity index (χ4v) is 3.07. The summed E-state index contributed by atoms with van der Waals surface area (Å²) in [4.78, 5) is 0. The van der Waals surface area contributed by atoms with Crippen LogP contribution in [0.1, 0.15) is 35.4 Å². The molecule has 4 heteroatoms. The molecule has 0 unspecified atom stereocenters. The molecule has 1 heterocycles. The fourth-order valence-electron chi connectivity index (χ4n) is 3.07. The first-order valence-corrected chi connectivity index (χ1v) is 8.42. The Morgan fingerprint density at radius 1 is 0.958 bits per heavy atom. The molecule has 122 valence electrons. The Morgan fingerprint density at radius 2 is 1.75 bits per heavy atom. The summed E-state index contributed by atoms with van der Waals surface area (Å²) in [5.74, 6) is 1.88. The van der Waals surface area contributed by atoms with Gasteiger partial charge in [-0.15, -0.1) is 10.2 Å². The summed E-state index contributed by atoms with van der Waals surface area (Å²) in [7, 11) is 0. The SMILES string of the molecule is Cc1ccc(-c2nnc(COc3ccc4c(c3)CCCC4)o2)cc1. The van der Waals surface area contributed by atoms with Crippen molar-refractivity contribution in [2.24, 2.45) is 0 Å². The predicted molar refractivity (Wildman–Crippen MR) is 91.9 cm³/mol. The molecule has 1 aliphatic carbocycles. The summed E-state index contributed by atoms with van der Waals surface area (Å²) in [6, 6.07) is 14.4. The number of rotatable bonds is 4. The first-order chi connectivity index (χ1) is 11.8. The van der Waals surface area contributed by atoms with Crippen LogP contribution in [0.2, 0.25) is 0 Å². The Kier molecular flexibility index (Phi) is 4.03. The first kappa shape index (κ1) is 14.9. The fraction of sp³-hybridized carbons (Fsp3) is 0.300. The normalized spacial score (nSPS) is 13.5. The molecule has 0 fully saturated rings. The second-order valence-electron chi connectivity index (χ2n) is 6.29. The maximum absolute atomic E-state index is 5.83. The van der Waals surface area contributed by atoms with E-state index in [0.29, 0.717) is 11.8 Å². The van der Waals surface area contributed by atoms with E-state index in [-0.39, 0.29) is 6.61 Å². The maximum atomic E-state index is 5.83. The van der Waals surface area contributed by atoms with Crippen molar-refractivity contribution >= 4 is 0 Å². The number of hydrogen-bond acceptors (Lipinski definition) is 4. The lowest BCUT2D eigenvalue weighted by Gasteiger charge is -2.16. The highest BCUT2D eigenvalue weighted by Gasteiger charge is 2.12. The second-order valence-corrected chi connectivity index (χ2v) is 6.29. The van der Waals surface area contributed by atoms with Crippen molar-refractivity contribution in [3.8, 4) is 17.2 Å². The third kappa shape index (κ3) is 3.18. The lowest BCUT2D eigenvalue weighted by Crippen LogP contribution is -2.03. The minimum atomic E-state index is 0.289. The third-order valence-corrected chi connectivity index (χ3v) is 4.45. The number of nitrogens with zero attached hydrogens (tertiary/aromatic N) is 2. The largest absolute Gasteiger partial charge is 0.484 e. The van der Waals surface area contributed by atoms with Gasteiger partial charge in [-0.2, -0.15) is 0 Å². The number of benzene rings is 2. The molecule has 0 aliphatic heterocycles. The van der Waals surface area contributed by atoms with E-state index in [0.717, 1.165) is 17.7 Å². The van der Waals surface area contributed by atoms with E-state index in [1.807, 2.05) is 30.3 Å². The highest BCUT2D eigenvalue weighted by molar-refractivity contribution is 5.52. The van der Waals surface area contributed by atoms with E-state index in [2.05, 4.69) is 29.3 Å². The summed E-state index contributed by atoms with van der Waals surface area (Å²) in [6.07, 6.45) is 4.88. The van der Waals surface area contributed by atoms with Gasteiger partial charge >= 0.3 is 0 Å². The molecular formula is C20H20N2O2. The summed E-state index contributed by atoms with van der Waals surface area (Å²) in [5.41, 5.74) is 4.99. The average molecular weight is 320 g/mol. The van der Waals surface area contributed by atoms with Gasteiger partial charge in [-0.25, -0.2) is 0 Å². The van der Waals surface area contributed by atoms with Crippen molar-refractivity contribution < 1.29 is 9.15 Å². The van der Waals surface area contributed by atoms with Crippen LogP contribution in [-0.4, -0.2) is 10.2 Å². The number of hydrogen-bond donors (Lipinski definition) is 0. The molecule has 0 atom stereocenters. The number of aryl methyl sites for hydroxylation is 3. The predicted octanol–water partition coefficient (Wildman–Crippen LogP) is 4.50. The van der Waals surface area contributed by atoms with Gasteiger partial charge in [-0.05, 0) is 68.0 Å². The number of aromatic nitrogens is 2. The quantitative estimate of drug-likeness (QED) is 0.710. The van der Waals surface area contributed by atoms with Crippen molar-refractivity contribution in [2.75, 3.05) is 0 Å². The van der Waals surface area contributed by atoms with Crippen LogP contribution in [0.5, 0.6) is 5.75 Å². The summed E-state index contributed by atoms with van der Waals surface area (Å²) >= 11 is 0. The molecule has 0 spiro atoms.